The molecule has 1 atom stereocenters. The molecule has 0 unspecified atom stereocenters. The highest BCUT2D eigenvalue weighted by atomic mass is 19.1. The lowest BCUT2D eigenvalue weighted by atomic mass is 9.95. The normalized spacial score (nSPS) is 18.2. The van der Waals surface area contributed by atoms with Gasteiger partial charge in [0, 0.05) is 38.2 Å². The fourth-order valence-corrected chi connectivity index (χ4v) is 5.18. The third kappa shape index (κ3) is 5.37. The number of anilines is 1. The zero-order chi connectivity index (χ0) is 25.9. The summed E-state index contributed by atoms with van der Waals surface area (Å²) in [6, 6.07) is 20.9. The molecule has 0 aromatic heterocycles. The van der Waals surface area contributed by atoms with Gasteiger partial charge in [0.05, 0.1) is 31.1 Å². The summed E-state index contributed by atoms with van der Waals surface area (Å²) in [5, 5.41) is 6.55. The number of nitrogens with zero attached hydrogens (tertiary/aromatic N) is 4. The molecule has 192 valence electrons. The number of ether oxygens (including phenoxy) is 1. The second-order valence-electron chi connectivity index (χ2n) is 9.81. The minimum absolute atomic E-state index is 0.0348. The number of hydrogen-bond acceptors (Lipinski definition) is 5. The Bertz CT molecular complexity index is 1320. The fourth-order valence-electron chi connectivity index (χ4n) is 5.18. The van der Waals surface area contributed by atoms with Crippen LogP contribution in [0, 0.1) is 19.7 Å². The van der Waals surface area contributed by atoms with E-state index in [1.165, 1.54) is 11.6 Å². The van der Waals surface area contributed by atoms with E-state index in [0.29, 0.717) is 38.3 Å². The van der Waals surface area contributed by atoms with E-state index in [0.717, 1.165) is 28.2 Å². The van der Waals surface area contributed by atoms with Crippen molar-refractivity contribution in [3.05, 3.63) is 94.8 Å². The molecule has 0 bridgehead atoms. The number of carbonyl (C=O) groups excluding carboxylic acids is 1. The van der Waals surface area contributed by atoms with Gasteiger partial charge in [0.2, 0.25) is 0 Å². The van der Waals surface area contributed by atoms with Crippen molar-refractivity contribution < 1.29 is 13.9 Å². The third-order valence-electron chi connectivity index (χ3n) is 7.27. The Labute approximate surface area is 217 Å². The maximum Gasteiger partial charge on any atom is 0.257 e. The van der Waals surface area contributed by atoms with Gasteiger partial charge in [0.1, 0.15) is 11.6 Å². The molecule has 2 heterocycles. The Hall–Kier alpha value is -3.71. The van der Waals surface area contributed by atoms with E-state index in [4.69, 9.17) is 9.84 Å². The molecule has 0 aliphatic carbocycles. The van der Waals surface area contributed by atoms with Crippen LogP contribution in [0.2, 0.25) is 0 Å². The molecule has 7 heteroatoms. The number of rotatable bonds is 6. The van der Waals surface area contributed by atoms with Crippen molar-refractivity contribution >= 4 is 17.3 Å². The summed E-state index contributed by atoms with van der Waals surface area (Å²) in [6.07, 6.45) is 0.643. The number of benzene rings is 3. The first-order chi connectivity index (χ1) is 17.9. The number of hydrazone groups is 1. The first-order valence-corrected chi connectivity index (χ1v) is 12.8. The fraction of sp³-hybridized carbons (Fsp3) is 0.333. The quantitative estimate of drug-likeness (QED) is 0.481. The van der Waals surface area contributed by atoms with Gasteiger partial charge in [0.15, 0.2) is 0 Å². The molecule has 3 aromatic carbocycles. The average molecular weight is 501 g/mol. The van der Waals surface area contributed by atoms with Crippen LogP contribution in [0.5, 0.6) is 5.75 Å². The van der Waals surface area contributed by atoms with Crippen LogP contribution >= 0.6 is 0 Å². The van der Waals surface area contributed by atoms with E-state index in [-0.39, 0.29) is 24.3 Å². The number of piperazine rings is 1. The molecular formula is C30H33FN4O2. The highest BCUT2D eigenvalue weighted by molar-refractivity contribution is 6.04. The smallest absolute Gasteiger partial charge is 0.257 e. The van der Waals surface area contributed by atoms with E-state index in [9.17, 15) is 9.18 Å². The molecule has 6 nitrogen and oxygen atoms in total. The largest absolute Gasteiger partial charge is 0.497 e. The number of aryl methyl sites for hydroxylation is 2. The zero-order valence-electron chi connectivity index (χ0n) is 21.7. The predicted molar refractivity (Wildman–Crippen MR) is 145 cm³/mol. The molecule has 37 heavy (non-hydrogen) atoms. The SMILES string of the molecule is COc1cccc([C@H]2CC(c3cc(C)ccc3C)=NN2C(=O)CN2CCN(c3ccccc3F)CC2)c1. The zero-order valence-corrected chi connectivity index (χ0v) is 21.7. The van der Waals surface area contributed by atoms with Crippen LogP contribution in [0.25, 0.3) is 0 Å². The van der Waals surface area contributed by atoms with E-state index in [1.807, 2.05) is 41.3 Å². The molecule has 2 aliphatic rings. The number of methoxy groups -OCH3 is 1. The van der Waals surface area contributed by atoms with Crippen LogP contribution < -0.4 is 9.64 Å². The summed E-state index contributed by atoms with van der Waals surface area (Å²) in [4.78, 5) is 17.8. The summed E-state index contributed by atoms with van der Waals surface area (Å²) in [5.74, 6) is 0.514. The molecule has 0 radical (unpaired) electrons. The van der Waals surface area contributed by atoms with Gasteiger partial charge in [-0.05, 0) is 55.3 Å². The maximum atomic E-state index is 14.2. The van der Waals surface area contributed by atoms with Gasteiger partial charge in [-0.25, -0.2) is 9.40 Å². The van der Waals surface area contributed by atoms with Crippen LogP contribution in [0.1, 0.15) is 34.7 Å². The van der Waals surface area contributed by atoms with E-state index in [2.05, 4.69) is 36.9 Å². The Morgan fingerprint density at radius 3 is 2.54 bits per heavy atom. The van der Waals surface area contributed by atoms with E-state index < -0.39 is 0 Å². The number of amides is 1. The van der Waals surface area contributed by atoms with Gasteiger partial charge in [-0.3, -0.25) is 9.69 Å². The molecule has 1 fully saturated rings. The Morgan fingerprint density at radius 2 is 1.78 bits per heavy atom. The third-order valence-corrected chi connectivity index (χ3v) is 7.27. The summed E-state index contributed by atoms with van der Waals surface area (Å²) < 4.78 is 19.7. The molecule has 5 rings (SSSR count). The van der Waals surface area contributed by atoms with Crippen LogP contribution in [0.4, 0.5) is 10.1 Å². The molecule has 0 spiro atoms. The van der Waals surface area contributed by atoms with E-state index >= 15 is 0 Å². The first kappa shape index (κ1) is 25.0. The molecule has 0 saturated carbocycles. The predicted octanol–water partition coefficient (Wildman–Crippen LogP) is 4.95. The minimum atomic E-state index is -0.210. The van der Waals surface area contributed by atoms with Gasteiger partial charge in [-0.15, -0.1) is 0 Å². The van der Waals surface area contributed by atoms with Gasteiger partial charge in [0.25, 0.3) is 5.91 Å². The van der Waals surface area contributed by atoms with Crippen molar-refractivity contribution in [2.24, 2.45) is 5.10 Å². The van der Waals surface area contributed by atoms with Crippen molar-refractivity contribution in [1.82, 2.24) is 9.91 Å². The molecular weight excluding hydrogens is 467 g/mol. The molecule has 0 N–H and O–H groups in total. The molecule has 2 aliphatic heterocycles. The lowest BCUT2D eigenvalue weighted by molar-refractivity contribution is -0.134. The number of hydrogen-bond donors (Lipinski definition) is 0. The van der Waals surface area contributed by atoms with Gasteiger partial charge in [-0.2, -0.15) is 5.10 Å². The van der Waals surface area contributed by atoms with Crippen molar-refractivity contribution in [2.45, 2.75) is 26.3 Å². The summed E-state index contributed by atoms with van der Waals surface area (Å²) in [7, 11) is 1.65. The van der Waals surface area contributed by atoms with Crippen molar-refractivity contribution in [3.63, 3.8) is 0 Å². The lowest BCUT2D eigenvalue weighted by Crippen LogP contribution is -2.49. The Morgan fingerprint density at radius 1 is 1.00 bits per heavy atom. The minimum Gasteiger partial charge on any atom is -0.497 e. The van der Waals surface area contributed by atoms with Crippen molar-refractivity contribution in [3.8, 4) is 5.75 Å². The topological polar surface area (TPSA) is 48.4 Å². The standard InChI is InChI=1S/C30H33FN4O2/c1-21-11-12-22(2)25(17-21)27-19-29(23-7-6-8-24(18-23)37-3)35(32-27)30(36)20-33-13-15-34(16-14-33)28-10-5-4-9-26(28)31/h4-12,17-18,29H,13-16,19-20H2,1-3H3/t29-/m1/s1. The molecule has 1 amide bonds. The Balaban J connectivity index is 1.35. The van der Waals surface area contributed by atoms with Crippen LogP contribution in [0.3, 0.4) is 0 Å². The van der Waals surface area contributed by atoms with Crippen molar-refractivity contribution in [2.75, 3.05) is 44.7 Å². The van der Waals surface area contributed by atoms with E-state index in [1.54, 1.807) is 18.2 Å². The molecule has 3 aromatic rings. The second-order valence-corrected chi connectivity index (χ2v) is 9.81. The summed E-state index contributed by atoms with van der Waals surface area (Å²) in [6.45, 7) is 7.14. The monoisotopic (exact) mass is 500 g/mol. The van der Waals surface area contributed by atoms with Crippen LogP contribution in [0.15, 0.2) is 71.8 Å². The summed E-state index contributed by atoms with van der Waals surface area (Å²) >= 11 is 0. The second kappa shape index (κ2) is 10.7. The van der Waals surface area contributed by atoms with Crippen LogP contribution in [-0.4, -0.2) is 61.4 Å². The average Bonchev–Trinajstić information content (AvgIpc) is 3.36. The van der Waals surface area contributed by atoms with Crippen LogP contribution in [-0.2, 0) is 4.79 Å². The first-order valence-electron chi connectivity index (χ1n) is 12.8. The number of carbonyl (C=O) groups is 1. The molecule has 1 saturated heterocycles. The number of halogens is 1. The lowest BCUT2D eigenvalue weighted by Gasteiger charge is -2.36. The van der Waals surface area contributed by atoms with Gasteiger partial charge in [-0.1, -0.05) is 42.0 Å². The van der Waals surface area contributed by atoms with Crippen molar-refractivity contribution in [1.29, 1.82) is 0 Å². The highest BCUT2D eigenvalue weighted by Crippen LogP contribution is 2.35. The summed E-state index contributed by atoms with van der Waals surface area (Å²) in [5.41, 5.74) is 5.94. The maximum absolute atomic E-state index is 14.2. The highest BCUT2D eigenvalue weighted by Gasteiger charge is 2.35. The van der Waals surface area contributed by atoms with Gasteiger partial charge < -0.3 is 9.64 Å². The van der Waals surface area contributed by atoms with Gasteiger partial charge >= 0.3 is 0 Å². The number of para-hydroxylation sites is 1. The Kier molecular flexibility index (Phi) is 7.24.